The number of carbonyl (C=O) groups excluding carboxylic acids is 2. The summed E-state index contributed by atoms with van der Waals surface area (Å²) in [7, 11) is 1.55. The number of ether oxygens (including phenoxy) is 4. The normalized spacial score (nSPS) is 14.6. The molecule has 0 saturated heterocycles. The van der Waals surface area contributed by atoms with Crippen LogP contribution in [0.15, 0.2) is 37.5 Å². The maximum atomic E-state index is 11.7. The van der Waals surface area contributed by atoms with E-state index in [0.29, 0.717) is 19.3 Å². The fourth-order valence-electron chi connectivity index (χ4n) is 1.77. The van der Waals surface area contributed by atoms with Gasteiger partial charge in [0, 0.05) is 25.7 Å². The minimum absolute atomic E-state index is 0.137. The lowest BCUT2D eigenvalue weighted by Crippen LogP contribution is -2.18. The number of methoxy groups -OCH3 is 1. The maximum Gasteiger partial charge on any atom is 0.330 e. The van der Waals surface area contributed by atoms with Crippen molar-refractivity contribution in [2.24, 2.45) is 0 Å². The molecule has 0 amide bonds. The summed E-state index contributed by atoms with van der Waals surface area (Å²) in [6.07, 6.45) is 6.78. The highest BCUT2D eigenvalue weighted by atomic mass is 16.7. The van der Waals surface area contributed by atoms with Crippen molar-refractivity contribution in [1.29, 1.82) is 0 Å². The van der Waals surface area contributed by atoms with Crippen LogP contribution in [0.2, 0.25) is 0 Å². The van der Waals surface area contributed by atoms with Gasteiger partial charge in [-0.15, -0.1) is 6.58 Å². The van der Waals surface area contributed by atoms with E-state index in [-0.39, 0.29) is 25.1 Å². The molecule has 0 radical (unpaired) electrons. The van der Waals surface area contributed by atoms with Gasteiger partial charge in [-0.3, -0.25) is 0 Å². The van der Waals surface area contributed by atoms with E-state index in [1.54, 1.807) is 26.2 Å². The third-order valence-electron chi connectivity index (χ3n) is 3.04. The predicted molar refractivity (Wildman–Crippen MR) is 91.2 cm³/mol. The molecule has 0 heterocycles. The Morgan fingerprint density at radius 3 is 2.29 bits per heavy atom. The van der Waals surface area contributed by atoms with Gasteiger partial charge in [0.25, 0.3) is 0 Å². The van der Waals surface area contributed by atoms with E-state index in [1.165, 1.54) is 6.08 Å². The molecular weight excluding hydrogens is 312 g/mol. The molecule has 0 fully saturated rings. The van der Waals surface area contributed by atoms with E-state index in [4.69, 9.17) is 18.9 Å². The highest BCUT2D eigenvalue weighted by Crippen LogP contribution is 2.09. The molecule has 0 aliphatic carbocycles. The first-order chi connectivity index (χ1) is 11.4. The lowest BCUT2D eigenvalue weighted by molar-refractivity contribution is -0.143. The monoisotopic (exact) mass is 340 g/mol. The molecule has 3 atom stereocenters. The fourth-order valence-corrected chi connectivity index (χ4v) is 1.77. The van der Waals surface area contributed by atoms with Crippen molar-refractivity contribution in [2.45, 2.75) is 51.4 Å². The summed E-state index contributed by atoms with van der Waals surface area (Å²) in [5, 5.41) is 0. The van der Waals surface area contributed by atoms with Gasteiger partial charge in [-0.2, -0.15) is 0 Å². The van der Waals surface area contributed by atoms with Gasteiger partial charge in [0.1, 0.15) is 12.9 Å². The van der Waals surface area contributed by atoms with Crippen molar-refractivity contribution < 1.29 is 28.5 Å². The van der Waals surface area contributed by atoms with Gasteiger partial charge < -0.3 is 18.9 Å². The summed E-state index contributed by atoms with van der Waals surface area (Å²) in [4.78, 5) is 22.7. The molecule has 0 rings (SSSR count). The zero-order valence-electron chi connectivity index (χ0n) is 14.7. The minimum atomic E-state index is -0.487. The Morgan fingerprint density at radius 2 is 1.71 bits per heavy atom. The average Bonchev–Trinajstić information content (AvgIpc) is 2.54. The van der Waals surface area contributed by atoms with Crippen LogP contribution in [-0.4, -0.2) is 44.2 Å². The third-order valence-corrected chi connectivity index (χ3v) is 3.04. The van der Waals surface area contributed by atoms with Gasteiger partial charge in [-0.25, -0.2) is 9.59 Å². The average molecular weight is 340 g/mol. The topological polar surface area (TPSA) is 71.1 Å². The lowest BCUT2D eigenvalue weighted by atomic mass is 10.1. The minimum Gasteiger partial charge on any atom is -0.460 e. The molecule has 0 aliphatic heterocycles. The van der Waals surface area contributed by atoms with Crippen molar-refractivity contribution in [3.63, 3.8) is 0 Å². The summed E-state index contributed by atoms with van der Waals surface area (Å²) in [5.74, 6) is -0.919. The molecule has 6 heteroatoms. The Labute approximate surface area is 144 Å². The zero-order valence-corrected chi connectivity index (χ0v) is 14.7. The second kappa shape index (κ2) is 13.5. The Hall–Kier alpha value is -1.92. The zero-order chi connectivity index (χ0) is 18.4. The van der Waals surface area contributed by atoms with Gasteiger partial charge in [0.15, 0.2) is 0 Å². The maximum absolute atomic E-state index is 11.7. The molecule has 0 spiro atoms. The van der Waals surface area contributed by atoms with Crippen LogP contribution in [0.3, 0.4) is 0 Å². The van der Waals surface area contributed by atoms with Crippen LogP contribution in [0, 0.1) is 0 Å². The van der Waals surface area contributed by atoms with Crippen LogP contribution in [0.1, 0.15) is 33.1 Å². The Bertz CT molecular complexity index is 429. The van der Waals surface area contributed by atoms with Gasteiger partial charge in [-0.05, 0) is 26.7 Å². The highest BCUT2D eigenvalue weighted by Gasteiger charge is 2.11. The third kappa shape index (κ3) is 11.6. The summed E-state index contributed by atoms with van der Waals surface area (Å²) in [5.41, 5.74) is 0. The molecule has 6 nitrogen and oxygen atoms in total. The number of hydrogen-bond acceptors (Lipinski definition) is 6. The molecule has 0 aromatic heterocycles. The Morgan fingerprint density at radius 1 is 1.04 bits per heavy atom. The molecule has 0 saturated carbocycles. The SMILES string of the molecule is C=CC(=O)O[C@H](C)C/C=C/C(=O)O[C@H](C)CC[C@H](C=C)OCOC. The number of rotatable bonds is 13. The largest absolute Gasteiger partial charge is 0.460 e. The van der Waals surface area contributed by atoms with E-state index in [2.05, 4.69) is 13.2 Å². The lowest BCUT2D eigenvalue weighted by Gasteiger charge is -2.16. The van der Waals surface area contributed by atoms with Crippen molar-refractivity contribution >= 4 is 11.9 Å². The van der Waals surface area contributed by atoms with Gasteiger partial charge in [0.2, 0.25) is 0 Å². The van der Waals surface area contributed by atoms with Crippen LogP contribution in [0.25, 0.3) is 0 Å². The summed E-state index contributed by atoms with van der Waals surface area (Å²) in [6, 6.07) is 0. The first-order valence-electron chi connectivity index (χ1n) is 7.86. The molecule has 0 aliphatic rings. The van der Waals surface area contributed by atoms with Crippen LogP contribution in [-0.2, 0) is 28.5 Å². The van der Waals surface area contributed by atoms with Gasteiger partial charge >= 0.3 is 11.9 Å². The fraction of sp³-hybridized carbons (Fsp3) is 0.556. The summed E-state index contributed by atoms with van der Waals surface area (Å²) < 4.78 is 20.5. The van der Waals surface area contributed by atoms with E-state index in [9.17, 15) is 9.59 Å². The summed E-state index contributed by atoms with van der Waals surface area (Å²) in [6.45, 7) is 10.8. The van der Waals surface area contributed by atoms with Crippen molar-refractivity contribution in [3.8, 4) is 0 Å². The van der Waals surface area contributed by atoms with Crippen molar-refractivity contribution in [3.05, 3.63) is 37.5 Å². The summed E-state index contributed by atoms with van der Waals surface area (Å²) >= 11 is 0. The van der Waals surface area contributed by atoms with Crippen LogP contribution < -0.4 is 0 Å². The molecule has 24 heavy (non-hydrogen) atoms. The Balaban J connectivity index is 4.04. The van der Waals surface area contributed by atoms with E-state index in [1.807, 2.05) is 6.92 Å². The molecule has 0 unspecified atom stereocenters. The quantitative estimate of drug-likeness (QED) is 0.222. The van der Waals surface area contributed by atoms with Gasteiger partial charge in [0.05, 0.1) is 12.2 Å². The predicted octanol–water partition coefficient (Wildman–Crippen LogP) is 2.94. The van der Waals surface area contributed by atoms with Crippen LogP contribution >= 0.6 is 0 Å². The number of carbonyl (C=O) groups is 2. The van der Waals surface area contributed by atoms with Crippen molar-refractivity contribution in [1.82, 2.24) is 0 Å². The molecule has 0 bridgehead atoms. The first-order valence-corrected chi connectivity index (χ1v) is 7.86. The molecular formula is C18H28O6. The standard InChI is InChI=1S/C18H28O6/c1-6-16(22-13-21-5)12-11-15(4)24-18(20)10-8-9-14(3)23-17(19)7-2/h6-8,10,14-16H,1-2,9,11-13H2,3-5H3/b10-8+/t14-,15-,16+/m1/s1. The highest BCUT2D eigenvalue weighted by molar-refractivity contribution is 5.82. The van der Waals surface area contributed by atoms with Crippen molar-refractivity contribution in [2.75, 3.05) is 13.9 Å². The smallest absolute Gasteiger partial charge is 0.330 e. The molecule has 0 aromatic carbocycles. The first kappa shape index (κ1) is 22.1. The molecule has 0 N–H and O–H groups in total. The number of esters is 2. The van der Waals surface area contributed by atoms with Gasteiger partial charge in [-0.1, -0.05) is 18.7 Å². The van der Waals surface area contributed by atoms with E-state index >= 15 is 0 Å². The molecule has 0 aromatic rings. The van der Waals surface area contributed by atoms with Crippen LogP contribution in [0.5, 0.6) is 0 Å². The number of hydrogen-bond donors (Lipinski definition) is 0. The second-order valence-corrected chi connectivity index (χ2v) is 5.26. The molecule has 136 valence electrons. The Kier molecular flexibility index (Phi) is 12.4. The second-order valence-electron chi connectivity index (χ2n) is 5.26. The van der Waals surface area contributed by atoms with E-state index in [0.717, 1.165) is 6.08 Å². The van der Waals surface area contributed by atoms with E-state index < -0.39 is 11.9 Å². The van der Waals surface area contributed by atoms with Crippen LogP contribution in [0.4, 0.5) is 0 Å².